The Kier molecular flexibility index (Phi) is 5.44. The van der Waals surface area contributed by atoms with Gasteiger partial charge in [0.25, 0.3) is 0 Å². The molecule has 0 fully saturated rings. The number of halogens is 1. The predicted octanol–water partition coefficient (Wildman–Crippen LogP) is 2.23. The SMILES string of the molecule is CCOCC(O)Cc1ccc(I)cc1. The number of aliphatic hydroxyl groups is 1. The van der Waals surface area contributed by atoms with Gasteiger partial charge in [0.2, 0.25) is 0 Å². The number of hydrogen-bond donors (Lipinski definition) is 1. The van der Waals surface area contributed by atoms with E-state index in [1.165, 1.54) is 3.57 Å². The Hall–Kier alpha value is -0.130. The van der Waals surface area contributed by atoms with E-state index in [0.717, 1.165) is 5.56 Å². The molecule has 2 nitrogen and oxygen atoms in total. The highest BCUT2D eigenvalue weighted by Gasteiger charge is 2.04. The molecule has 0 radical (unpaired) electrons. The highest BCUT2D eigenvalue weighted by molar-refractivity contribution is 14.1. The smallest absolute Gasteiger partial charge is 0.0813 e. The lowest BCUT2D eigenvalue weighted by Gasteiger charge is -2.10. The van der Waals surface area contributed by atoms with Crippen molar-refractivity contribution in [1.82, 2.24) is 0 Å². The molecule has 78 valence electrons. The van der Waals surface area contributed by atoms with Gasteiger partial charge in [0, 0.05) is 16.6 Å². The van der Waals surface area contributed by atoms with Crippen LogP contribution in [0, 0.1) is 3.57 Å². The fourth-order valence-electron chi connectivity index (χ4n) is 1.21. The van der Waals surface area contributed by atoms with E-state index in [2.05, 4.69) is 22.6 Å². The summed E-state index contributed by atoms with van der Waals surface area (Å²) >= 11 is 2.27. The highest BCUT2D eigenvalue weighted by atomic mass is 127. The van der Waals surface area contributed by atoms with Crippen LogP contribution in [0.1, 0.15) is 12.5 Å². The van der Waals surface area contributed by atoms with Crippen LogP contribution in [0.15, 0.2) is 24.3 Å². The van der Waals surface area contributed by atoms with E-state index in [1.54, 1.807) is 0 Å². The summed E-state index contributed by atoms with van der Waals surface area (Å²) in [5.41, 5.74) is 1.15. The Labute approximate surface area is 98.4 Å². The summed E-state index contributed by atoms with van der Waals surface area (Å²) < 4.78 is 6.35. The molecule has 0 aliphatic heterocycles. The van der Waals surface area contributed by atoms with Crippen molar-refractivity contribution in [2.45, 2.75) is 19.4 Å². The maximum atomic E-state index is 9.58. The zero-order valence-electron chi connectivity index (χ0n) is 8.24. The number of rotatable bonds is 5. The van der Waals surface area contributed by atoms with E-state index in [-0.39, 0.29) is 0 Å². The summed E-state index contributed by atoms with van der Waals surface area (Å²) in [6.45, 7) is 3.00. The van der Waals surface area contributed by atoms with Crippen LogP contribution >= 0.6 is 22.6 Å². The standard InChI is InChI=1S/C11H15IO2/c1-2-14-8-11(13)7-9-3-5-10(12)6-4-9/h3-6,11,13H,2,7-8H2,1H3. The molecule has 3 heteroatoms. The monoisotopic (exact) mass is 306 g/mol. The van der Waals surface area contributed by atoms with Crippen LogP contribution in [0.25, 0.3) is 0 Å². The molecule has 1 unspecified atom stereocenters. The molecule has 1 aromatic rings. The van der Waals surface area contributed by atoms with E-state index in [1.807, 2.05) is 31.2 Å². The molecule has 1 atom stereocenters. The molecule has 14 heavy (non-hydrogen) atoms. The van der Waals surface area contributed by atoms with E-state index < -0.39 is 6.10 Å². The van der Waals surface area contributed by atoms with Crippen molar-refractivity contribution in [2.75, 3.05) is 13.2 Å². The second-order valence-electron chi connectivity index (χ2n) is 3.14. The van der Waals surface area contributed by atoms with Crippen molar-refractivity contribution in [3.8, 4) is 0 Å². The fourth-order valence-corrected chi connectivity index (χ4v) is 1.56. The Morgan fingerprint density at radius 2 is 2.00 bits per heavy atom. The summed E-state index contributed by atoms with van der Waals surface area (Å²) in [5.74, 6) is 0. The van der Waals surface area contributed by atoms with Crippen LogP contribution < -0.4 is 0 Å². The average molecular weight is 306 g/mol. The maximum Gasteiger partial charge on any atom is 0.0813 e. The van der Waals surface area contributed by atoms with Crippen molar-refractivity contribution >= 4 is 22.6 Å². The molecular weight excluding hydrogens is 291 g/mol. The molecule has 1 rings (SSSR count). The molecule has 0 aromatic heterocycles. The van der Waals surface area contributed by atoms with Gasteiger partial charge in [-0.05, 0) is 47.2 Å². The molecule has 1 aromatic carbocycles. The first-order valence-corrected chi connectivity index (χ1v) is 5.80. The minimum absolute atomic E-state index is 0.394. The third-order valence-corrected chi connectivity index (χ3v) is 2.62. The first-order valence-electron chi connectivity index (χ1n) is 4.72. The quantitative estimate of drug-likeness (QED) is 0.845. The second-order valence-corrected chi connectivity index (χ2v) is 4.39. The summed E-state index contributed by atoms with van der Waals surface area (Å²) in [5, 5.41) is 9.58. The van der Waals surface area contributed by atoms with Crippen LogP contribution in [-0.4, -0.2) is 24.4 Å². The Morgan fingerprint density at radius 3 is 2.57 bits per heavy atom. The van der Waals surface area contributed by atoms with E-state index >= 15 is 0 Å². The van der Waals surface area contributed by atoms with Gasteiger partial charge in [-0.3, -0.25) is 0 Å². The molecule has 0 heterocycles. The molecular formula is C11H15IO2. The second kappa shape index (κ2) is 6.37. The van der Waals surface area contributed by atoms with Gasteiger partial charge in [0.1, 0.15) is 0 Å². The van der Waals surface area contributed by atoms with Crippen LogP contribution in [0.3, 0.4) is 0 Å². The fraction of sp³-hybridized carbons (Fsp3) is 0.455. The summed E-state index contributed by atoms with van der Waals surface area (Å²) in [4.78, 5) is 0. The summed E-state index contributed by atoms with van der Waals surface area (Å²) in [7, 11) is 0. The summed E-state index contributed by atoms with van der Waals surface area (Å²) in [6.07, 6.45) is 0.270. The first-order chi connectivity index (χ1) is 6.72. The molecule has 0 spiro atoms. The van der Waals surface area contributed by atoms with Gasteiger partial charge < -0.3 is 9.84 Å². The summed E-state index contributed by atoms with van der Waals surface area (Å²) in [6, 6.07) is 8.17. The highest BCUT2D eigenvalue weighted by Crippen LogP contribution is 2.08. The molecule has 0 aliphatic rings. The average Bonchev–Trinajstić information content (AvgIpc) is 2.18. The lowest BCUT2D eigenvalue weighted by Crippen LogP contribution is -2.17. The third-order valence-electron chi connectivity index (χ3n) is 1.90. The lowest BCUT2D eigenvalue weighted by atomic mass is 10.1. The van der Waals surface area contributed by atoms with Crippen molar-refractivity contribution in [1.29, 1.82) is 0 Å². The third kappa shape index (κ3) is 4.39. The van der Waals surface area contributed by atoms with Gasteiger partial charge >= 0.3 is 0 Å². The Balaban J connectivity index is 2.39. The number of aliphatic hydroxyl groups excluding tert-OH is 1. The van der Waals surface area contributed by atoms with Gasteiger partial charge in [-0.1, -0.05) is 12.1 Å². The van der Waals surface area contributed by atoms with E-state index in [9.17, 15) is 5.11 Å². The van der Waals surface area contributed by atoms with Crippen molar-refractivity contribution in [3.05, 3.63) is 33.4 Å². The maximum absolute atomic E-state index is 9.58. The number of ether oxygens (including phenoxy) is 1. The Morgan fingerprint density at radius 1 is 1.36 bits per heavy atom. The van der Waals surface area contributed by atoms with Crippen LogP contribution in [0.4, 0.5) is 0 Å². The largest absolute Gasteiger partial charge is 0.390 e. The van der Waals surface area contributed by atoms with Gasteiger partial charge in [-0.2, -0.15) is 0 Å². The molecule has 0 saturated heterocycles. The van der Waals surface area contributed by atoms with Crippen molar-refractivity contribution < 1.29 is 9.84 Å². The zero-order valence-corrected chi connectivity index (χ0v) is 10.4. The lowest BCUT2D eigenvalue weighted by molar-refractivity contribution is 0.0430. The van der Waals surface area contributed by atoms with Crippen LogP contribution in [-0.2, 0) is 11.2 Å². The van der Waals surface area contributed by atoms with Crippen molar-refractivity contribution in [2.24, 2.45) is 0 Å². The number of benzene rings is 1. The minimum atomic E-state index is -0.394. The van der Waals surface area contributed by atoms with Crippen LogP contribution in [0.2, 0.25) is 0 Å². The zero-order chi connectivity index (χ0) is 10.4. The van der Waals surface area contributed by atoms with Gasteiger partial charge in [0.15, 0.2) is 0 Å². The normalized spacial score (nSPS) is 12.8. The topological polar surface area (TPSA) is 29.5 Å². The predicted molar refractivity (Wildman–Crippen MR) is 65.4 cm³/mol. The van der Waals surface area contributed by atoms with Crippen molar-refractivity contribution in [3.63, 3.8) is 0 Å². The molecule has 0 bridgehead atoms. The molecule has 1 N–H and O–H groups in total. The Bertz CT molecular complexity index is 258. The van der Waals surface area contributed by atoms with E-state index in [4.69, 9.17) is 4.74 Å². The van der Waals surface area contributed by atoms with E-state index in [0.29, 0.717) is 19.6 Å². The minimum Gasteiger partial charge on any atom is -0.390 e. The van der Waals surface area contributed by atoms with Crippen LogP contribution in [0.5, 0.6) is 0 Å². The van der Waals surface area contributed by atoms with Gasteiger partial charge in [0.05, 0.1) is 12.7 Å². The van der Waals surface area contributed by atoms with Gasteiger partial charge in [-0.25, -0.2) is 0 Å². The number of hydrogen-bond acceptors (Lipinski definition) is 2. The van der Waals surface area contributed by atoms with Gasteiger partial charge in [-0.15, -0.1) is 0 Å². The molecule has 0 saturated carbocycles. The molecule has 0 aliphatic carbocycles. The first kappa shape index (κ1) is 11.9. The molecule has 0 amide bonds.